The number of hydrogen-bond donors (Lipinski definition) is 2. The normalized spacial score (nSPS) is 17.0. The maximum Gasteiger partial charge on any atom is 0.239 e. The van der Waals surface area contributed by atoms with Gasteiger partial charge in [0, 0.05) is 12.6 Å². The van der Waals surface area contributed by atoms with Crippen LogP contribution < -0.4 is 5.32 Å². The van der Waals surface area contributed by atoms with Gasteiger partial charge >= 0.3 is 0 Å². The molecule has 118 valence electrons. The molecule has 1 fully saturated rings. The zero-order valence-corrected chi connectivity index (χ0v) is 13.3. The summed E-state index contributed by atoms with van der Waals surface area (Å²) in [6.45, 7) is 6.29. The smallest absolute Gasteiger partial charge is 0.239 e. The number of anilines is 1. The molecule has 2 rings (SSSR count). The zero-order chi connectivity index (χ0) is 15.6. The fourth-order valence-corrected chi connectivity index (χ4v) is 2.66. The Kier molecular flexibility index (Phi) is 4.68. The average molecular weight is 294 g/mol. The lowest BCUT2D eigenvalue weighted by Crippen LogP contribution is -2.40. The van der Waals surface area contributed by atoms with Crippen LogP contribution >= 0.6 is 0 Å². The Balaban J connectivity index is 1.89. The first kappa shape index (κ1) is 16.0. The number of likely N-dealkylation sites (N-methyl/N-ethyl adjacent to an activating group) is 1. The van der Waals surface area contributed by atoms with Gasteiger partial charge in [0.25, 0.3) is 0 Å². The molecule has 1 saturated carbocycles. The third kappa shape index (κ3) is 4.82. The molecule has 6 nitrogen and oxygen atoms in total. The van der Waals surface area contributed by atoms with Crippen molar-refractivity contribution in [1.29, 1.82) is 0 Å². The Labute approximate surface area is 126 Å². The Hall–Kier alpha value is -1.40. The largest absolute Gasteiger partial charge is 0.389 e. The molecule has 6 heteroatoms. The Morgan fingerprint density at radius 2 is 2.29 bits per heavy atom. The number of hydrogen-bond acceptors (Lipinski definition) is 4. The van der Waals surface area contributed by atoms with Crippen molar-refractivity contribution >= 4 is 11.7 Å². The van der Waals surface area contributed by atoms with Crippen molar-refractivity contribution < 1.29 is 9.90 Å². The third-order valence-corrected chi connectivity index (χ3v) is 3.70. The molecular weight excluding hydrogens is 268 g/mol. The fraction of sp³-hybridized carbons (Fsp3) is 0.733. The maximum atomic E-state index is 12.1. The van der Waals surface area contributed by atoms with E-state index in [2.05, 4.69) is 17.3 Å². The van der Waals surface area contributed by atoms with Crippen LogP contribution in [0.3, 0.4) is 0 Å². The molecular formula is C15H26N4O2. The van der Waals surface area contributed by atoms with Gasteiger partial charge < -0.3 is 10.4 Å². The zero-order valence-electron chi connectivity index (χ0n) is 13.3. The molecule has 21 heavy (non-hydrogen) atoms. The van der Waals surface area contributed by atoms with Gasteiger partial charge in [0.15, 0.2) is 0 Å². The van der Waals surface area contributed by atoms with Gasteiger partial charge in [0.05, 0.1) is 24.4 Å². The molecule has 0 radical (unpaired) electrons. The molecule has 1 unspecified atom stereocenters. The van der Waals surface area contributed by atoms with Crippen LogP contribution in [0.15, 0.2) is 12.3 Å². The van der Waals surface area contributed by atoms with Crippen molar-refractivity contribution in [1.82, 2.24) is 14.7 Å². The van der Waals surface area contributed by atoms with E-state index in [-0.39, 0.29) is 12.5 Å². The molecule has 1 aliphatic carbocycles. The van der Waals surface area contributed by atoms with Crippen LogP contribution in [0, 0.1) is 5.92 Å². The van der Waals surface area contributed by atoms with Crippen LogP contribution in [0.5, 0.6) is 0 Å². The minimum atomic E-state index is -0.808. The summed E-state index contributed by atoms with van der Waals surface area (Å²) < 4.78 is 1.89. The van der Waals surface area contributed by atoms with Gasteiger partial charge in [-0.2, -0.15) is 5.10 Å². The molecule has 0 spiro atoms. The van der Waals surface area contributed by atoms with Crippen molar-refractivity contribution in [3.63, 3.8) is 0 Å². The van der Waals surface area contributed by atoms with Gasteiger partial charge in [-0.1, -0.05) is 0 Å². The van der Waals surface area contributed by atoms with Crippen molar-refractivity contribution in [2.75, 3.05) is 25.5 Å². The molecule has 0 bridgehead atoms. The molecule has 2 N–H and O–H groups in total. The topological polar surface area (TPSA) is 70.4 Å². The highest BCUT2D eigenvalue weighted by Crippen LogP contribution is 2.40. The molecule has 1 amide bonds. The van der Waals surface area contributed by atoms with Crippen molar-refractivity contribution in [3.05, 3.63) is 12.3 Å². The SMILES string of the molecule is CC(C1CC1)n1nccc1NC(=O)CN(C)CC(C)(C)O. The summed E-state index contributed by atoms with van der Waals surface area (Å²) in [7, 11) is 1.82. The summed E-state index contributed by atoms with van der Waals surface area (Å²) in [5.74, 6) is 1.33. The van der Waals surface area contributed by atoms with E-state index in [4.69, 9.17) is 0 Å². The highest BCUT2D eigenvalue weighted by atomic mass is 16.3. The third-order valence-electron chi connectivity index (χ3n) is 3.70. The first-order chi connectivity index (χ1) is 9.76. The van der Waals surface area contributed by atoms with E-state index in [0.717, 1.165) is 5.82 Å². The average Bonchev–Trinajstić information content (AvgIpc) is 3.07. The van der Waals surface area contributed by atoms with Gasteiger partial charge in [-0.05, 0) is 46.6 Å². The lowest BCUT2D eigenvalue weighted by Gasteiger charge is -2.25. The Bertz CT molecular complexity index is 488. The molecule has 0 aliphatic heterocycles. The van der Waals surface area contributed by atoms with Crippen LogP contribution in [-0.4, -0.2) is 51.4 Å². The van der Waals surface area contributed by atoms with E-state index < -0.39 is 5.60 Å². The summed E-state index contributed by atoms with van der Waals surface area (Å²) in [4.78, 5) is 13.9. The number of carbonyl (C=O) groups is 1. The van der Waals surface area contributed by atoms with E-state index >= 15 is 0 Å². The van der Waals surface area contributed by atoms with Crippen molar-refractivity contribution in [2.24, 2.45) is 5.92 Å². The summed E-state index contributed by atoms with van der Waals surface area (Å²) in [5, 5.41) is 17.0. The quantitative estimate of drug-likeness (QED) is 0.799. The number of amides is 1. The summed E-state index contributed by atoms with van der Waals surface area (Å²) >= 11 is 0. The Morgan fingerprint density at radius 3 is 2.86 bits per heavy atom. The molecule has 1 aromatic heterocycles. The lowest BCUT2D eigenvalue weighted by atomic mass is 10.1. The highest BCUT2D eigenvalue weighted by molar-refractivity contribution is 5.91. The monoisotopic (exact) mass is 294 g/mol. The molecule has 0 saturated heterocycles. The lowest BCUT2D eigenvalue weighted by molar-refractivity contribution is -0.117. The number of aliphatic hydroxyl groups is 1. The molecule has 1 aliphatic rings. The molecule has 1 heterocycles. The van der Waals surface area contributed by atoms with Gasteiger partial charge in [-0.25, -0.2) is 4.68 Å². The first-order valence-electron chi connectivity index (χ1n) is 7.50. The van der Waals surface area contributed by atoms with Crippen LogP contribution in [0.2, 0.25) is 0 Å². The van der Waals surface area contributed by atoms with Crippen LogP contribution in [0.25, 0.3) is 0 Å². The predicted octanol–water partition coefficient (Wildman–Crippen LogP) is 1.50. The van der Waals surface area contributed by atoms with Crippen LogP contribution in [0.4, 0.5) is 5.82 Å². The van der Waals surface area contributed by atoms with E-state index in [1.807, 2.05) is 17.8 Å². The standard InChI is InChI=1S/C15H26N4O2/c1-11(12-5-6-12)19-13(7-8-16-19)17-14(20)9-18(4)10-15(2,3)21/h7-8,11-12,21H,5-6,9-10H2,1-4H3,(H,17,20). The molecule has 1 atom stereocenters. The maximum absolute atomic E-state index is 12.1. The number of nitrogens with one attached hydrogen (secondary N) is 1. The minimum absolute atomic E-state index is 0.0912. The van der Waals surface area contributed by atoms with Crippen LogP contribution in [-0.2, 0) is 4.79 Å². The molecule has 1 aromatic rings. The fourth-order valence-electron chi connectivity index (χ4n) is 2.66. The second kappa shape index (κ2) is 6.15. The Morgan fingerprint density at radius 1 is 1.62 bits per heavy atom. The molecule has 0 aromatic carbocycles. The number of aromatic nitrogens is 2. The number of carbonyl (C=O) groups excluding carboxylic acids is 1. The van der Waals surface area contributed by atoms with E-state index in [1.54, 1.807) is 24.9 Å². The van der Waals surface area contributed by atoms with E-state index in [1.165, 1.54) is 12.8 Å². The number of rotatable bonds is 7. The van der Waals surface area contributed by atoms with Crippen molar-refractivity contribution in [2.45, 2.75) is 45.3 Å². The highest BCUT2D eigenvalue weighted by Gasteiger charge is 2.30. The van der Waals surface area contributed by atoms with E-state index in [9.17, 15) is 9.90 Å². The van der Waals surface area contributed by atoms with Gasteiger partial charge in [-0.3, -0.25) is 9.69 Å². The first-order valence-corrected chi connectivity index (χ1v) is 7.50. The second-order valence-corrected chi connectivity index (χ2v) is 6.77. The predicted molar refractivity (Wildman–Crippen MR) is 82.1 cm³/mol. The number of nitrogens with zero attached hydrogens (tertiary/aromatic N) is 3. The van der Waals surface area contributed by atoms with E-state index in [0.29, 0.717) is 18.5 Å². The summed E-state index contributed by atoms with van der Waals surface area (Å²) in [5.41, 5.74) is -0.808. The van der Waals surface area contributed by atoms with Gasteiger partial charge in [0.2, 0.25) is 5.91 Å². The second-order valence-electron chi connectivity index (χ2n) is 6.77. The van der Waals surface area contributed by atoms with Crippen LogP contribution in [0.1, 0.15) is 39.7 Å². The van der Waals surface area contributed by atoms with Crippen molar-refractivity contribution in [3.8, 4) is 0 Å². The van der Waals surface area contributed by atoms with Gasteiger partial charge in [-0.15, -0.1) is 0 Å². The minimum Gasteiger partial charge on any atom is -0.389 e. The van der Waals surface area contributed by atoms with Gasteiger partial charge in [0.1, 0.15) is 5.82 Å². The summed E-state index contributed by atoms with van der Waals surface area (Å²) in [6.07, 6.45) is 4.19. The summed E-state index contributed by atoms with van der Waals surface area (Å²) in [6, 6.07) is 2.15.